The van der Waals surface area contributed by atoms with Gasteiger partial charge in [0.15, 0.2) is 0 Å². The van der Waals surface area contributed by atoms with Gasteiger partial charge in [0.2, 0.25) is 0 Å². The number of aromatic nitrogens is 1. The van der Waals surface area contributed by atoms with E-state index in [-0.39, 0.29) is 24.3 Å². The Labute approximate surface area is 97.5 Å². The zero-order valence-corrected chi connectivity index (χ0v) is 9.95. The summed E-state index contributed by atoms with van der Waals surface area (Å²) in [5, 5.41) is 11.4. The fourth-order valence-corrected chi connectivity index (χ4v) is 1.73. The lowest BCUT2D eigenvalue weighted by Gasteiger charge is -2.19. The highest BCUT2D eigenvalue weighted by Gasteiger charge is 2.20. The van der Waals surface area contributed by atoms with Gasteiger partial charge in [-0.1, -0.05) is 13.8 Å². The predicted molar refractivity (Wildman–Crippen MR) is 60.5 cm³/mol. The van der Waals surface area contributed by atoms with Crippen LogP contribution in [0.5, 0.6) is 0 Å². The van der Waals surface area contributed by atoms with Crippen LogP contribution in [0.15, 0.2) is 11.7 Å². The quantitative estimate of drug-likeness (QED) is 0.817. The number of thiazole rings is 1. The molecule has 0 aromatic carbocycles. The van der Waals surface area contributed by atoms with E-state index < -0.39 is 5.97 Å². The van der Waals surface area contributed by atoms with Crippen molar-refractivity contribution in [2.45, 2.75) is 26.3 Å². The molecule has 0 aliphatic rings. The zero-order valence-electron chi connectivity index (χ0n) is 9.14. The Morgan fingerprint density at radius 1 is 1.56 bits per heavy atom. The van der Waals surface area contributed by atoms with Gasteiger partial charge < -0.3 is 10.4 Å². The number of carbonyl (C=O) groups excluding carboxylic acids is 1. The van der Waals surface area contributed by atoms with E-state index in [0.29, 0.717) is 4.88 Å². The summed E-state index contributed by atoms with van der Waals surface area (Å²) in [6, 6.07) is -0.355. The summed E-state index contributed by atoms with van der Waals surface area (Å²) in [6.07, 6.45) is 1.40. The maximum absolute atomic E-state index is 11.7. The molecule has 6 heteroatoms. The van der Waals surface area contributed by atoms with Gasteiger partial charge in [-0.15, -0.1) is 11.3 Å². The van der Waals surface area contributed by atoms with Gasteiger partial charge in [-0.25, -0.2) is 0 Å². The molecule has 0 saturated heterocycles. The molecule has 1 unspecified atom stereocenters. The van der Waals surface area contributed by atoms with Crippen LogP contribution in [-0.4, -0.2) is 28.0 Å². The molecule has 1 amide bonds. The average molecular weight is 242 g/mol. The lowest BCUT2D eigenvalue weighted by atomic mass is 10.0. The van der Waals surface area contributed by atoms with Gasteiger partial charge in [0.1, 0.15) is 4.88 Å². The largest absolute Gasteiger partial charge is 0.481 e. The Hall–Kier alpha value is -1.43. The summed E-state index contributed by atoms with van der Waals surface area (Å²) in [5.41, 5.74) is 1.57. The van der Waals surface area contributed by atoms with E-state index in [0.717, 1.165) is 0 Å². The smallest absolute Gasteiger partial charge is 0.305 e. The molecule has 1 aromatic heterocycles. The molecular weight excluding hydrogens is 228 g/mol. The summed E-state index contributed by atoms with van der Waals surface area (Å²) < 4.78 is 0. The van der Waals surface area contributed by atoms with Crippen LogP contribution in [0.25, 0.3) is 0 Å². The maximum Gasteiger partial charge on any atom is 0.305 e. The standard InChI is InChI=1S/C10H14N2O3S/c1-6(2)7(3-9(13)14)12-10(15)8-4-11-5-16-8/h4-7H,3H2,1-2H3,(H,12,15)(H,13,14). The second-order valence-corrected chi connectivity index (χ2v) is 4.67. The van der Waals surface area contributed by atoms with Crippen molar-refractivity contribution in [3.8, 4) is 0 Å². The first kappa shape index (κ1) is 12.6. The van der Waals surface area contributed by atoms with Crippen molar-refractivity contribution in [1.29, 1.82) is 0 Å². The highest BCUT2D eigenvalue weighted by Crippen LogP contribution is 2.10. The van der Waals surface area contributed by atoms with E-state index in [2.05, 4.69) is 10.3 Å². The highest BCUT2D eigenvalue weighted by molar-refractivity contribution is 7.11. The molecule has 88 valence electrons. The van der Waals surface area contributed by atoms with Crippen LogP contribution in [0, 0.1) is 5.92 Å². The van der Waals surface area contributed by atoms with Crippen molar-refractivity contribution in [3.63, 3.8) is 0 Å². The lowest BCUT2D eigenvalue weighted by molar-refractivity contribution is -0.137. The topological polar surface area (TPSA) is 79.3 Å². The minimum atomic E-state index is -0.914. The SMILES string of the molecule is CC(C)C(CC(=O)O)NC(=O)c1cncs1. The molecule has 1 aromatic rings. The van der Waals surface area contributed by atoms with Crippen LogP contribution < -0.4 is 5.32 Å². The van der Waals surface area contributed by atoms with Gasteiger partial charge in [-0.3, -0.25) is 14.6 Å². The lowest BCUT2D eigenvalue weighted by Crippen LogP contribution is -2.39. The molecule has 0 bridgehead atoms. The van der Waals surface area contributed by atoms with E-state index in [1.54, 1.807) is 5.51 Å². The minimum absolute atomic E-state index is 0.0673. The van der Waals surface area contributed by atoms with E-state index in [1.807, 2.05) is 13.8 Å². The van der Waals surface area contributed by atoms with Gasteiger partial charge in [0, 0.05) is 6.04 Å². The third kappa shape index (κ3) is 3.62. The number of aliphatic carboxylic acids is 1. The first-order chi connectivity index (χ1) is 7.50. The van der Waals surface area contributed by atoms with Gasteiger partial charge in [0.25, 0.3) is 5.91 Å². The molecule has 1 heterocycles. The molecule has 0 aliphatic heterocycles. The van der Waals surface area contributed by atoms with E-state index in [9.17, 15) is 9.59 Å². The van der Waals surface area contributed by atoms with Crippen molar-refractivity contribution in [2.75, 3.05) is 0 Å². The molecule has 0 radical (unpaired) electrons. The van der Waals surface area contributed by atoms with Crippen LogP contribution in [0.3, 0.4) is 0 Å². The van der Waals surface area contributed by atoms with E-state index >= 15 is 0 Å². The number of hydrogen-bond donors (Lipinski definition) is 2. The third-order valence-electron chi connectivity index (χ3n) is 2.17. The summed E-state index contributed by atoms with van der Waals surface area (Å²) in [6.45, 7) is 3.75. The van der Waals surface area contributed by atoms with Crippen LogP contribution >= 0.6 is 11.3 Å². The monoisotopic (exact) mass is 242 g/mol. The average Bonchev–Trinajstić information content (AvgIpc) is 2.68. The zero-order chi connectivity index (χ0) is 12.1. The molecule has 0 fully saturated rings. The summed E-state index contributed by atoms with van der Waals surface area (Å²) >= 11 is 1.23. The van der Waals surface area contributed by atoms with Gasteiger partial charge in [0.05, 0.1) is 18.1 Å². The fourth-order valence-electron chi connectivity index (χ4n) is 1.21. The van der Waals surface area contributed by atoms with Crippen LogP contribution in [0.1, 0.15) is 29.9 Å². The van der Waals surface area contributed by atoms with Crippen molar-refractivity contribution in [1.82, 2.24) is 10.3 Å². The Morgan fingerprint density at radius 3 is 2.69 bits per heavy atom. The number of carboxylic acid groups (broad SMARTS) is 1. The van der Waals surface area contributed by atoms with Crippen LogP contribution in [0.2, 0.25) is 0 Å². The number of rotatable bonds is 5. The van der Waals surface area contributed by atoms with E-state index in [1.165, 1.54) is 17.5 Å². The highest BCUT2D eigenvalue weighted by atomic mass is 32.1. The normalized spacial score (nSPS) is 12.4. The molecule has 0 aliphatic carbocycles. The summed E-state index contributed by atoms with van der Waals surface area (Å²) in [7, 11) is 0. The van der Waals surface area contributed by atoms with Crippen molar-refractivity contribution in [3.05, 3.63) is 16.6 Å². The van der Waals surface area contributed by atoms with Crippen molar-refractivity contribution >= 4 is 23.2 Å². The summed E-state index contributed by atoms with van der Waals surface area (Å²) in [4.78, 5) is 26.6. The first-order valence-electron chi connectivity index (χ1n) is 4.92. The molecule has 5 nitrogen and oxygen atoms in total. The predicted octanol–water partition coefficient (Wildman–Crippen LogP) is 1.37. The van der Waals surface area contributed by atoms with Crippen molar-refractivity contribution < 1.29 is 14.7 Å². The van der Waals surface area contributed by atoms with Crippen molar-refractivity contribution in [2.24, 2.45) is 5.92 Å². The Kier molecular flexibility index (Phi) is 4.42. The molecule has 0 spiro atoms. The Morgan fingerprint density at radius 2 is 2.25 bits per heavy atom. The second-order valence-electron chi connectivity index (χ2n) is 3.79. The number of nitrogens with zero attached hydrogens (tertiary/aromatic N) is 1. The number of nitrogens with one attached hydrogen (secondary N) is 1. The Balaban J connectivity index is 2.61. The maximum atomic E-state index is 11.7. The second kappa shape index (κ2) is 5.60. The molecule has 0 saturated carbocycles. The molecule has 16 heavy (non-hydrogen) atoms. The Bertz CT molecular complexity index is 362. The molecule has 1 atom stereocenters. The minimum Gasteiger partial charge on any atom is -0.481 e. The van der Waals surface area contributed by atoms with Gasteiger partial charge >= 0.3 is 5.97 Å². The van der Waals surface area contributed by atoms with E-state index in [4.69, 9.17) is 5.11 Å². The molecule has 1 rings (SSSR count). The summed E-state index contributed by atoms with van der Waals surface area (Å²) in [5.74, 6) is -1.10. The molecule has 2 N–H and O–H groups in total. The fraction of sp³-hybridized carbons (Fsp3) is 0.500. The number of carboxylic acids is 1. The number of amides is 1. The molecular formula is C10H14N2O3S. The van der Waals surface area contributed by atoms with Gasteiger partial charge in [-0.2, -0.15) is 0 Å². The third-order valence-corrected chi connectivity index (χ3v) is 2.94. The number of hydrogen-bond acceptors (Lipinski definition) is 4. The van der Waals surface area contributed by atoms with Crippen LogP contribution in [-0.2, 0) is 4.79 Å². The van der Waals surface area contributed by atoms with Crippen LogP contribution in [0.4, 0.5) is 0 Å². The van der Waals surface area contributed by atoms with Gasteiger partial charge in [-0.05, 0) is 5.92 Å². The number of carbonyl (C=O) groups is 2. The first-order valence-corrected chi connectivity index (χ1v) is 5.79.